The van der Waals surface area contributed by atoms with Crippen LogP contribution in [0.5, 0.6) is 0 Å². The van der Waals surface area contributed by atoms with Gasteiger partial charge in [-0.2, -0.15) is 0 Å². The molecule has 0 saturated carbocycles. The van der Waals surface area contributed by atoms with Crippen molar-refractivity contribution in [1.29, 1.82) is 0 Å². The van der Waals surface area contributed by atoms with Crippen LogP contribution in [-0.4, -0.2) is 20.3 Å². The highest BCUT2D eigenvalue weighted by Gasteiger charge is 2.43. The Bertz CT molecular complexity index is 1680. The predicted octanol–water partition coefficient (Wildman–Crippen LogP) is 5.05. The van der Waals surface area contributed by atoms with Crippen LogP contribution in [-0.2, 0) is 11.3 Å². The predicted molar refractivity (Wildman–Crippen MR) is 141 cm³/mol. The Morgan fingerprint density at radius 1 is 0.973 bits per heavy atom. The molecule has 0 fully saturated rings. The Hall–Kier alpha value is -4.49. The summed E-state index contributed by atoms with van der Waals surface area (Å²) in [6.45, 7) is 4.29. The molecule has 3 N–H and O–H groups in total. The molecule has 182 valence electrons. The van der Waals surface area contributed by atoms with Crippen molar-refractivity contribution >= 4 is 17.4 Å². The van der Waals surface area contributed by atoms with Crippen molar-refractivity contribution in [3.63, 3.8) is 0 Å². The molecule has 0 spiro atoms. The fourth-order valence-corrected chi connectivity index (χ4v) is 5.65. The molecule has 7 rings (SSSR count). The van der Waals surface area contributed by atoms with E-state index in [0.717, 1.165) is 50.4 Å². The van der Waals surface area contributed by atoms with Crippen LogP contribution in [0, 0.1) is 13.8 Å². The molecule has 0 saturated heterocycles. The standard InChI is InChI=1S/C30H25N5O2/c1-16-11-26(31)33-17(2)24(16)14-32-30(36)19-7-9-21-23(13-19)29-22-12-18(6-8-20(22)28(21)37-29)25-15-35-10-4-3-5-27(35)34-25/h3-13,15,28-29H,14H2,1-2H3,(H2,31,33)(H,32,36). The van der Waals surface area contributed by atoms with Gasteiger partial charge in [0.1, 0.15) is 23.7 Å². The lowest BCUT2D eigenvalue weighted by molar-refractivity contribution is 0.0857. The molecule has 7 nitrogen and oxygen atoms in total. The van der Waals surface area contributed by atoms with Crippen LogP contribution >= 0.6 is 0 Å². The summed E-state index contributed by atoms with van der Waals surface area (Å²) in [7, 11) is 0. The van der Waals surface area contributed by atoms with E-state index in [-0.39, 0.29) is 18.1 Å². The van der Waals surface area contributed by atoms with E-state index >= 15 is 0 Å². The van der Waals surface area contributed by atoms with Crippen LogP contribution in [0.3, 0.4) is 0 Å². The quantitative estimate of drug-likeness (QED) is 0.370. The van der Waals surface area contributed by atoms with E-state index in [1.54, 1.807) is 0 Å². The number of aryl methyl sites for hydroxylation is 2. The fourth-order valence-electron chi connectivity index (χ4n) is 5.65. The first kappa shape index (κ1) is 21.8. The average Bonchev–Trinajstić information content (AvgIpc) is 3.59. The number of nitrogens with zero attached hydrogens (tertiary/aromatic N) is 3. The van der Waals surface area contributed by atoms with E-state index in [1.807, 2.05) is 73.1 Å². The minimum Gasteiger partial charge on any atom is -0.384 e. The molecule has 2 aromatic carbocycles. The number of amides is 1. The van der Waals surface area contributed by atoms with Gasteiger partial charge in [-0.1, -0.05) is 24.3 Å². The first-order valence-corrected chi connectivity index (χ1v) is 12.3. The number of nitrogens with one attached hydrogen (secondary N) is 1. The van der Waals surface area contributed by atoms with Gasteiger partial charge >= 0.3 is 0 Å². The van der Waals surface area contributed by atoms with E-state index in [1.165, 1.54) is 5.56 Å². The van der Waals surface area contributed by atoms with Crippen LogP contribution < -0.4 is 11.1 Å². The van der Waals surface area contributed by atoms with Crippen molar-refractivity contribution in [3.05, 3.63) is 118 Å². The summed E-state index contributed by atoms with van der Waals surface area (Å²) in [5, 5.41) is 3.04. The minimum absolute atomic E-state index is 0.103. The molecule has 2 bridgehead atoms. The van der Waals surface area contributed by atoms with E-state index in [4.69, 9.17) is 15.5 Å². The summed E-state index contributed by atoms with van der Waals surface area (Å²) < 4.78 is 8.41. The van der Waals surface area contributed by atoms with Crippen molar-refractivity contribution in [3.8, 4) is 11.3 Å². The molecule has 2 atom stereocenters. The van der Waals surface area contributed by atoms with Crippen molar-refractivity contribution in [2.75, 3.05) is 5.73 Å². The Morgan fingerprint density at radius 3 is 2.57 bits per heavy atom. The number of pyridine rings is 2. The van der Waals surface area contributed by atoms with Gasteiger partial charge in [-0.25, -0.2) is 9.97 Å². The van der Waals surface area contributed by atoms with Gasteiger partial charge in [-0.3, -0.25) is 4.79 Å². The number of aromatic nitrogens is 3. The number of carbonyl (C=O) groups excluding carboxylic acids is 1. The normalized spacial score (nSPS) is 17.1. The second kappa shape index (κ2) is 8.01. The maximum atomic E-state index is 13.1. The third-order valence-electron chi connectivity index (χ3n) is 7.50. The summed E-state index contributed by atoms with van der Waals surface area (Å²) in [5.41, 5.74) is 16.7. The van der Waals surface area contributed by atoms with Crippen LogP contribution in [0.15, 0.2) is 73.1 Å². The number of benzene rings is 2. The summed E-state index contributed by atoms with van der Waals surface area (Å²) in [5.74, 6) is 0.364. The lowest BCUT2D eigenvalue weighted by Crippen LogP contribution is -2.24. The number of nitrogen functional groups attached to an aromatic ring is 1. The van der Waals surface area contributed by atoms with Crippen molar-refractivity contribution < 1.29 is 9.53 Å². The summed E-state index contributed by atoms with van der Waals surface area (Å²) in [6.07, 6.45) is 3.75. The van der Waals surface area contributed by atoms with E-state index in [0.29, 0.717) is 17.9 Å². The highest BCUT2D eigenvalue weighted by Crippen LogP contribution is 2.54. The molecule has 2 aliphatic heterocycles. The molecular weight excluding hydrogens is 462 g/mol. The van der Waals surface area contributed by atoms with Crippen LogP contribution in [0.4, 0.5) is 5.82 Å². The minimum atomic E-state index is -0.189. The van der Waals surface area contributed by atoms with Gasteiger partial charge in [-0.05, 0) is 83.6 Å². The third kappa shape index (κ3) is 3.42. The van der Waals surface area contributed by atoms with Gasteiger partial charge in [0.05, 0.1) is 5.69 Å². The van der Waals surface area contributed by atoms with Crippen molar-refractivity contribution in [1.82, 2.24) is 19.7 Å². The Kier molecular flexibility index (Phi) is 4.71. The van der Waals surface area contributed by atoms with Gasteiger partial charge < -0.3 is 20.2 Å². The SMILES string of the molecule is Cc1cc(N)nc(C)c1CNC(=O)c1ccc2c(c1)C1OC2c2ccc(-c3cn4ccccc4n3)cc21. The molecule has 1 amide bonds. The molecule has 5 aromatic rings. The van der Waals surface area contributed by atoms with E-state index in [9.17, 15) is 4.79 Å². The zero-order valence-corrected chi connectivity index (χ0v) is 20.5. The highest BCUT2D eigenvalue weighted by molar-refractivity contribution is 5.94. The topological polar surface area (TPSA) is 94.5 Å². The lowest BCUT2D eigenvalue weighted by atomic mass is 9.84. The van der Waals surface area contributed by atoms with Crippen LogP contribution in [0.1, 0.15) is 61.6 Å². The Labute approximate surface area is 214 Å². The number of hydrogen-bond donors (Lipinski definition) is 2. The number of nitrogens with two attached hydrogens (primary N) is 1. The number of ether oxygens (including phenoxy) is 1. The molecule has 37 heavy (non-hydrogen) atoms. The summed E-state index contributed by atoms with van der Waals surface area (Å²) >= 11 is 0. The molecule has 5 heterocycles. The van der Waals surface area contributed by atoms with Crippen LogP contribution in [0.25, 0.3) is 16.9 Å². The maximum absolute atomic E-state index is 13.1. The zero-order chi connectivity index (χ0) is 25.3. The van der Waals surface area contributed by atoms with Gasteiger partial charge in [0.25, 0.3) is 5.91 Å². The van der Waals surface area contributed by atoms with Gasteiger partial charge in [0, 0.05) is 35.8 Å². The Morgan fingerprint density at radius 2 is 1.76 bits per heavy atom. The van der Waals surface area contributed by atoms with Crippen molar-refractivity contribution in [2.24, 2.45) is 0 Å². The zero-order valence-electron chi connectivity index (χ0n) is 20.5. The number of anilines is 1. The Balaban J connectivity index is 1.16. The molecule has 3 aromatic heterocycles. The maximum Gasteiger partial charge on any atom is 0.251 e. The first-order chi connectivity index (χ1) is 18.0. The van der Waals surface area contributed by atoms with Gasteiger partial charge in [0.15, 0.2) is 0 Å². The number of hydrogen-bond acceptors (Lipinski definition) is 5. The number of rotatable bonds is 4. The summed E-state index contributed by atoms with van der Waals surface area (Å²) in [4.78, 5) is 22.2. The largest absolute Gasteiger partial charge is 0.384 e. The fraction of sp³-hybridized carbons (Fsp3) is 0.167. The smallest absolute Gasteiger partial charge is 0.251 e. The molecular formula is C30H25N5O2. The molecule has 2 aliphatic rings. The van der Waals surface area contributed by atoms with Gasteiger partial charge in [-0.15, -0.1) is 0 Å². The lowest BCUT2D eigenvalue weighted by Gasteiger charge is -2.17. The average molecular weight is 488 g/mol. The highest BCUT2D eigenvalue weighted by atomic mass is 16.5. The molecule has 0 radical (unpaired) electrons. The first-order valence-electron chi connectivity index (χ1n) is 12.3. The van der Waals surface area contributed by atoms with E-state index in [2.05, 4.69) is 28.5 Å². The van der Waals surface area contributed by atoms with Crippen molar-refractivity contribution in [2.45, 2.75) is 32.6 Å². The third-order valence-corrected chi connectivity index (χ3v) is 7.50. The second-order valence-corrected chi connectivity index (χ2v) is 9.79. The van der Waals surface area contributed by atoms with Gasteiger partial charge in [0.2, 0.25) is 0 Å². The number of carbonyl (C=O) groups is 1. The molecule has 7 heteroatoms. The summed E-state index contributed by atoms with van der Waals surface area (Å²) in [6, 6.07) is 20.1. The van der Waals surface area contributed by atoms with Crippen LogP contribution in [0.2, 0.25) is 0 Å². The monoisotopic (exact) mass is 487 g/mol. The second-order valence-electron chi connectivity index (χ2n) is 9.79. The number of imidazole rings is 1. The number of fused-ring (bicyclic) bond motifs is 9. The van der Waals surface area contributed by atoms with E-state index < -0.39 is 0 Å². The molecule has 2 unspecified atom stereocenters. The molecule has 0 aliphatic carbocycles.